The first-order valence-corrected chi connectivity index (χ1v) is 7.53. The Morgan fingerprint density at radius 1 is 1.35 bits per heavy atom. The van der Waals surface area contributed by atoms with Crippen molar-refractivity contribution in [3.05, 3.63) is 51.3 Å². The van der Waals surface area contributed by atoms with Crippen LogP contribution in [-0.4, -0.2) is 16.7 Å². The molecule has 0 aliphatic rings. The van der Waals surface area contributed by atoms with E-state index >= 15 is 0 Å². The molecule has 2 rings (SSSR count). The first kappa shape index (κ1) is 17.1. The maximum absolute atomic E-state index is 11.2. The van der Waals surface area contributed by atoms with Gasteiger partial charge in [-0.05, 0) is 38.1 Å². The zero-order chi connectivity index (χ0) is 17.0. The molecule has 0 unspecified atom stereocenters. The molecule has 5 nitrogen and oxygen atoms in total. The van der Waals surface area contributed by atoms with Crippen LogP contribution in [0.1, 0.15) is 23.4 Å². The summed E-state index contributed by atoms with van der Waals surface area (Å²) in [6.07, 6.45) is 1.32. The molecule has 0 spiro atoms. The Morgan fingerprint density at radius 2 is 2.09 bits per heavy atom. The Labute approximate surface area is 144 Å². The van der Waals surface area contributed by atoms with Crippen LogP contribution in [0.3, 0.4) is 0 Å². The molecular weight excluding hydrogens is 335 g/mol. The number of hydrazone groups is 1. The lowest BCUT2D eigenvalue weighted by Crippen LogP contribution is -2.16. The van der Waals surface area contributed by atoms with Gasteiger partial charge in [0, 0.05) is 22.6 Å². The number of hydrogen-bond acceptors (Lipinski definition) is 3. The van der Waals surface area contributed by atoms with Crippen molar-refractivity contribution < 1.29 is 4.79 Å². The van der Waals surface area contributed by atoms with E-state index in [0.717, 1.165) is 22.6 Å². The van der Waals surface area contributed by atoms with Crippen LogP contribution in [0.15, 0.2) is 29.4 Å². The van der Waals surface area contributed by atoms with Gasteiger partial charge >= 0.3 is 0 Å². The number of benzene rings is 1. The van der Waals surface area contributed by atoms with E-state index in [4.69, 9.17) is 28.5 Å². The Bertz CT molecular complexity index is 818. The summed E-state index contributed by atoms with van der Waals surface area (Å²) in [6.45, 7) is 3.90. The van der Waals surface area contributed by atoms with Gasteiger partial charge in [-0.1, -0.05) is 23.2 Å². The Hall–Kier alpha value is -2.29. The first-order valence-electron chi connectivity index (χ1n) is 6.77. The molecule has 118 valence electrons. The Balaban J connectivity index is 2.29. The minimum absolute atomic E-state index is 0.223. The van der Waals surface area contributed by atoms with Crippen molar-refractivity contribution in [2.75, 3.05) is 0 Å². The molecule has 0 aliphatic heterocycles. The van der Waals surface area contributed by atoms with Crippen LogP contribution in [0.4, 0.5) is 0 Å². The molecule has 0 bridgehead atoms. The average Bonchev–Trinajstić information content (AvgIpc) is 2.77. The lowest BCUT2D eigenvalue weighted by molar-refractivity contribution is -0.120. The molecule has 23 heavy (non-hydrogen) atoms. The van der Waals surface area contributed by atoms with E-state index in [9.17, 15) is 4.79 Å². The molecule has 0 atom stereocenters. The molecule has 2 aromatic rings. The Kier molecular flexibility index (Phi) is 5.43. The average molecular weight is 349 g/mol. The fourth-order valence-electron chi connectivity index (χ4n) is 2.22. The summed E-state index contributed by atoms with van der Waals surface area (Å²) in [7, 11) is 0. The summed E-state index contributed by atoms with van der Waals surface area (Å²) in [6, 6.07) is 9.11. The number of hydrogen-bond donors (Lipinski definition) is 1. The van der Waals surface area contributed by atoms with E-state index in [1.165, 1.54) is 0 Å². The molecular formula is C16H14Cl2N4O. The lowest BCUT2D eigenvalue weighted by atomic mass is 10.2. The van der Waals surface area contributed by atoms with Gasteiger partial charge in [0.1, 0.15) is 6.42 Å². The van der Waals surface area contributed by atoms with E-state index in [1.54, 1.807) is 24.4 Å². The van der Waals surface area contributed by atoms with Crippen LogP contribution in [0.25, 0.3) is 5.69 Å². The number of halogens is 2. The number of nitrogens with one attached hydrogen (secondary N) is 1. The number of amides is 1. The minimum Gasteiger partial charge on any atom is -0.318 e. The number of nitriles is 1. The normalized spacial score (nSPS) is 10.7. The fraction of sp³-hybridized carbons (Fsp3) is 0.188. The number of carbonyl (C=O) groups is 1. The van der Waals surface area contributed by atoms with E-state index in [2.05, 4.69) is 10.5 Å². The summed E-state index contributed by atoms with van der Waals surface area (Å²) >= 11 is 12.0. The SMILES string of the molecule is Cc1cc(C=NNC(=O)CC#N)c(C)n1-c1ccc(Cl)c(Cl)c1. The van der Waals surface area contributed by atoms with E-state index in [1.807, 2.05) is 30.5 Å². The van der Waals surface area contributed by atoms with Gasteiger partial charge in [0.15, 0.2) is 0 Å². The standard InChI is InChI=1S/C16H14Cl2N4O/c1-10-7-12(9-20-21-16(23)5-6-19)11(2)22(10)13-3-4-14(17)15(18)8-13/h3-4,7-9H,5H2,1-2H3,(H,21,23). The van der Waals surface area contributed by atoms with E-state index < -0.39 is 5.91 Å². The molecule has 1 amide bonds. The molecule has 0 saturated carbocycles. The van der Waals surface area contributed by atoms with Crippen molar-refractivity contribution in [2.24, 2.45) is 5.10 Å². The van der Waals surface area contributed by atoms with Crippen molar-refractivity contribution in [1.82, 2.24) is 9.99 Å². The number of aryl methyl sites for hydroxylation is 1. The monoisotopic (exact) mass is 348 g/mol. The van der Waals surface area contributed by atoms with Gasteiger partial charge in [-0.15, -0.1) is 0 Å². The van der Waals surface area contributed by atoms with Gasteiger partial charge in [-0.3, -0.25) is 4.79 Å². The highest BCUT2D eigenvalue weighted by molar-refractivity contribution is 6.42. The van der Waals surface area contributed by atoms with Crippen molar-refractivity contribution in [2.45, 2.75) is 20.3 Å². The Morgan fingerprint density at radius 3 is 2.74 bits per heavy atom. The first-order chi connectivity index (χ1) is 10.9. The van der Waals surface area contributed by atoms with Crippen LogP contribution in [0, 0.1) is 25.2 Å². The second-order valence-electron chi connectivity index (χ2n) is 4.89. The molecule has 1 aromatic heterocycles. The quantitative estimate of drug-likeness (QED) is 0.674. The highest BCUT2D eigenvalue weighted by Crippen LogP contribution is 2.27. The maximum Gasteiger partial charge on any atom is 0.254 e. The smallest absolute Gasteiger partial charge is 0.254 e. The number of carbonyl (C=O) groups excluding carboxylic acids is 1. The highest BCUT2D eigenvalue weighted by Gasteiger charge is 2.10. The van der Waals surface area contributed by atoms with Crippen LogP contribution in [-0.2, 0) is 4.79 Å². The molecule has 0 fully saturated rings. The van der Waals surface area contributed by atoms with Gasteiger partial charge in [0.25, 0.3) is 5.91 Å². The van der Waals surface area contributed by atoms with Gasteiger partial charge in [-0.25, -0.2) is 5.43 Å². The highest BCUT2D eigenvalue weighted by atomic mass is 35.5. The molecule has 0 saturated heterocycles. The third kappa shape index (κ3) is 3.92. The van der Waals surface area contributed by atoms with E-state index in [-0.39, 0.29) is 6.42 Å². The summed E-state index contributed by atoms with van der Waals surface area (Å²) in [4.78, 5) is 11.2. The molecule has 0 aliphatic carbocycles. The fourth-order valence-corrected chi connectivity index (χ4v) is 2.52. The van der Waals surface area contributed by atoms with Crippen molar-refractivity contribution >= 4 is 35.3 Å². The number of nitrogens with zero attached hydrogens (tertiary/aromatic N) is 3. The largest absolute Gasteiger partial charge is 0.318 e. The van der Waals surface area contributed by atoms with Gasteiger partial charge in [0.2, 0.25) is 0 Å². The maximum atomic E-state index is 11.2. The molecule has 1 aromatic carbocycles. The number of rotatable bonds is 4. The van der Waals surface area contributed by atoms with Crippen molar-refractivity contribution in [3.63, 3.8) is 0 Å². The summed E-state index contributed by atoms with van der Waals surface area (Å²) in [5.74, 6) is -0.443. The molecule has 1 N–H and O–H groups in total. The third-order valence-corrected chi connectivity index (χ3v) is 4.00. The lowest BCUT2D eigenvalue weighted by Gasteiger charge is -2.10. The summed E-state index contributed by atoms with van der Waals surface area (Å²) < 4.78 is 2.01. The van der Waals surface area contributed by atoms with Crippen molar-refractivity contribution in [1.29, 1.82) is 5.26 Å². The predicted octanol–water partition coefficient (Wildman–Crippen LogP) is 3.76. The predicted molar refractivity (Wildman–Crippen MR) is 91.2 cm³/mol. The third-order valence-electron chi connectivity index (χ3n) is 3.26. The van der Waals surface area contributed by atoms with Crippen molar-refractivity contribution in [3.8, 4) is 11.8 Å². The van der Waals surface area contributed by atoms with Gasteiger partial charge in [0.05, 0.1) is 22.3 Å². The topological polar surface area (TPSA) is 70.2 Å². The molecule has 1 heterocycles. The van der Waals surface area contributed by atoms with Gasteiger partial charge < -0.3 is 4.57 Å². The zero-order valence-corrected chi connectivity index (χ0v) is 14.1. The van der Waals surface area contributed by atoms with Gasteiger partial charge in [-0.2, -0.15) is 10.4 Å². The van der Waals surface area contributed by atoms with Crippen LogP contribution in [0.5, 0.6) is 0 Å². The summed E-state index contributed by atoms with van der Waals surface area (Å²) in [5, 5.41) is 13.3. The zero-order valence-electron chi connectivity index (χ0n) is 12.6. The molecule has 0 radical (unpaired) electrons. The van der Waals surface area contributed by atoms with Crippen LogP contribution in [0.2, 0.25) is 10.0 Å². The van der Waals surface area contributed by atoms with Crippen LogP contribution >= 0.6 is 23.2 Å². The molecule has 7 heteroatoms. The second kappa shape index (κ2) is 7.32. The minimum atomic E-state index is -0.443. The second-order valence-corrected chi connectivity index (χ2v) is 5.70. The van der Waals surface area contributed by atoms with Crippen LogP contribution < -0.4 is 5.43 Å². The summed E-state index contributed by atoms with van der Waals surface area (Å²) in [5.41, 5.74) is 5.98. The van der Waals surface area contributed by atoms with E-state index in [0.29, 0.717) is 10.0 Å². The number of aromatic nitrogens is 1.